The van der Waals surface area contributed by atoms with Crippen molar-refractivity contribution in [3.63, 3.8) is 0 Å². The minimum atomic E-state index is -0.168. The molecule has 0 saturated heterocycles. The highest BCUT2D eigenvalue weighted by molar-refractivity contribution is 5.91. The Balaban J connectivity index is 1.76. The van der Waals surface area contributed by atoms with Crippen LogP contribution in [0.2, 0.25) is 0 Å². The second-order valence-corrected chi connectivity index (χ2v) is 5.88. The number of hydrogen-bond acceptors (Lipinski definition) is 4. The predicted octanol–water partition coefficient (Wildman–Crippen LogP) is 3.08. The molecule has 0 aliphatic rings. The van der Waals surface area contributed by atoms with Gasteiger partial charge in [0.25, 0.3) is 5.91 Å². The Morgan fingerprint density at radius 2 is 1.92 bits per heavy atom. The van der Waals surface area contributed by atoms with E-state index in [9.17, 15) is 4.79 Å². The molecular formula is C19H26N4O. The van der Waals surface area contributed by atoms with E-state index in [1.165, 1.54) is 5.56 Å². The third-order valence-corrected chi connectivity index (χ3v) is 3.88. The second kappa shape index (κ2) is 9.65. The Bertz CT molecular complexity index is 613. The fraction of sp³-hybridized carbons (Fsp3) is 0.421. The molecule has 0 unspecified atom stereocenters. The minimum Gasteiger partial charge on any atom is -0.358 e. The first-order valence-electron chi connectivity index (χ1n) is 8.56. The Hall–Kier alpha value is -2.43. The molecule has 0 aliphatic heterocycles. The lowest BCUT2D eigenvalue weighted by atomic mass is 10.1. The van der Waals surface area contributed by atoms with E-state index >= 15 is 0 Å². The van der Waals surface area contributed by atoms with Crippen molar-refractivity contribution in [1.82, 2.24) is 15.3 Å². The summed E-state index contributed by atoms with van der Waals surface area (Å²) in [7, 11) is 1.99. The van der Waals surface area contributed by atoms with E-state index in [1.54, 1.807) is 12.4 Å². The molecule has 1 aromatic heterocycles. The van der Waals surface area contributed by atoms with Crippen molar-refractivity contribution >= 4 is 11.7 Å². The standard InChI is InChI=1S/C19H26N4O/c1-3-4-13-23(2)18-15-21-17(14-22-18)19(24)20-12-8-11-16-9-6-5-7-10-16/h5-7,9-10,14-15H,3-4,8,11-13H2,1-2H3,(H,20,24). The molecule has 5 heteroatoms. The van der Waals surface area contributed by atoms with E-state index in [0.717, 1.165) is 38.0 Å². The van der Waals surface area contributed by atoms with Crippen LogP contribution in [-0.2, 0) is 6.42 Å². The molecule has 1 N–H and O–H groups in total. The van der Waals surface area contributed by atoms with Crippen molar-refractivity contribution in [3.05, 3.63) is 54.0 Å². The van der Waals surface area contributed by atoms with Crippen LogP contribution >= 0.6 is 0 Å². The van der Waals surface area contributed by atoms with Gasteiger partial charge >= 0.3 is 0 Å². The normalized spacial score (nSPS) is 10.4. The Morgan fingerprint density at radius 1 is 1.12 bits per heavy atom. The first-order chi connectivity index (χ1) is 11.7. The molecule has 1 heterocycles. The minimum absolute atomic E-state index is 0.168. The second-order valence-electron chi connectivity index (χ2n) is 5.88. The summed E-state index contributed by atoms with van der Waals surface area (Å²) in [6, 6.07) is 10.3. The first kappa shape index (κ1) is 17.9. The molecule has 5 nitrogen and oxygen atoms in total. The number of amides is 1. The van der Waals surface area contributed by atoms with Crippen molar-refractivity contribution in [3.8, 4) is 0 Å². The van der Waals surface area contributed by atoms with Crippen LogP contribution in [0.25, 0.3) is 0 Å². The summed E-state index contributed by atoms with van der Waals surface area (Å²) >= 11 is 0. The molecule has 2 rings (SSSR count). The van der Waals surface area contributed by atoms with Crippen LogP contribution in [0.1, 0.15) is 42.2 Å². The van der Waals surface area contributed by atoms with Crippen molar-refractivity contribution in [2.75, 3.05) is 25.0 Å². The van der Waals surface area contributed by atoms with Gasteiger partial charge in [0.1, 0.15) is 11.5 Å². The molecule has 1 amide bonds. The first-order valence-corrected chi connectivity index (χ1v) is 8.56. The number of benzene rings is 1. The summed E-state index contributed by atoms with van der Waals surface area (Å²) in [4.78, 5) is 22.7. The van der Waals surface area contributed by atoms with Gasteiger partial charge in [0.2, 0.25) is 0 Å². The van der Waals surface area contributed by atoms with Crippen LogP contribution in [0.5, 0.6) is 0 Å². The zero-order chi connectivity index (χ0) is 17.2. The number of rotatable bonds is 9. The molecule has 0 fully saturated rings. The predicted molar refractivity (Wildman–Crippen MR) is 97.3 cm³/mol. The molecule has 0 atom stereocenters. The van der Waals surface area contributed by atoms with Crippen LogP contribution < -0.4 is 10.2 Å². The number of aromatic nitrogens is 2. The quantitative estimate of drug-likeness (QED) is 0.720. The topological polar surface area (TPSA) is 58.1 Å². The molecule has 1 aromatic carbocycles. The van der Waals surface area contributed by atoms with Gasteiger partial charge in [0, 0.05) is 20.1 Å². The maximum atomic E-state index is 12.1. The van der Waals surface area contributed by atoms with Crippen molar-refractivity contribution in [2.45, 2.75) is 32.6 Å². The summed E-state index contributed by atoms with van der Waals surface area (Å²) in [5.74, 6) is 0.627. The van der Waals surface area contributed by atoms with Crippen molar-refractivity contribution < 1.29 is 4.79 Å². The number of nitrogens with zero attached hydrogens (tertiary/aromatic N) is 3. The van der Waals surface area contributed by atoms with Gasteiger partial charge in [-0.25, -0.2) is 9.97 Å². The highest BCUT2D eigenvalue weighted by Gasteiger charge is 2.09. The molecule has 24 heavy (non-hydrogen) atoms. The van der Waals surface area contributed by atoms with Crippen LogP contribution in [0.3, 0.4) is 0 Å². The third-order valence-electron chi connectivity index (χ3n) is 3.88. The lowest BCUT2D eigenvalue weighted by molar-refractivity contribution is 0.0948. The van der Waals surface area contributed by atoms with E-state index in [1.807, 2.05) is 25.2 Å². The maximum Gasteiger partial charge on any atom is 0.271 e. The lowest BCUT2D eigenvalue weighted by Gasteiger charge is -2.17. The van der Waals surface area contributed by atoms with E-state index in [0.29, 0.717) is 12.2 Å². The molecule has 0 spiro atoms. The van der Waals surface area contributed by atoms with Crippen molar-refractivity contribution in [2.24, 2.45) is 0 Å². The number of carbonyl (C=O) groups is 1. The molecule has 0 saturated carbocycles. The van der Waals surface area contributed by atoms with Crippen LogP contribution in [-0.4, -0.2) is 36.0 Å². The summed E-state index contributed by atoms with van der Waals surface area (Å²) in [5.41, 5.74) is 1.65. The largest absolute Gasteiger partial charge is 0.358 e. The van der Waals surface area contributed by atoms with Crippen LogP contribution in [0, 0.1) is 0 Å². The monoisotopic (exact) mass is 326 g/mol. The van der Waals surface area contributed by atoms with Crippen LogP contribution in [0.4, 0.5) is 5.82 Å². The fourth-order valence-electron chi connectivity index (χ4n) is 2.38. The fourth-order valence-corrected chi connectivity index (χ4v) is 2.38. The molecular weight excluding hydrogens is 300 g/mol. The molecule has 0 aliphatic carbocycles. The number of unbranched alkanes of at least 4 members (excludes halogenated alkanes) is 1. The van der Waals surface area contributed by atoms with Crippen molar-refractivity contribution in [1.29, 1.82) is 0 Å². The van der Waals surface area contributed by atoms with Gasteiger partial charge in [-0.15, -0.1) is 0 Å². The van der Waals surface area contributed by atoms with Gasteiger partial charge in [-0.1, -0.05) is 43.7 Å². The third kappa shape index (κ3) is 5.65. The van der Waals surface area contributed by atoms with E-state index < -0.39 is 0 Å². The lowest BCUT2D eigenvalue weighted by Crippen LogP contribution is -2.26. The van der Waals surface area contributed by atoms with Gasteiger partial charge in [-0.05, 0) is 24.8 Å². The summed E-state index contributed by atoms with van der Waals surface area (Å²) < 4.78 is 0. The summed E-state index contributed by atoms with van der Waals surface area (Å²) in [6.07, 6.45) is 7.32. The number of carbonyl (C=O) groups excluding carboxylic acids is 1. The van der Waals surface area contributed by atoms with Gasteiger partial charge in [-0.3, -0.25) is 4.79 Å². The van der Waals surface area contributed by atoms with Gasteiger partial charge in [0.15, 0.2) is 0 Å². The molecule has 2 aromatic rings. The van der Waals surface area contributed by atoms with E-state index in [2.05, 4.69) is 39.2 Å². The summed E-state index contributed by atoms with van der Waals surface area (Å²) in [5, 5.41) is 2.90. The molecule has 0 radical (unpaired) electrons. The number of nitrogens with one attached hydrogen (secondary N) is 1. The van der Waals surface area contributed by atoms with Crippen LogP contribution in [0.15, 0.2) is 42.7 Å². The maximum absolute atomic E-state index is 12.1. The summed E-state index contributed by atoms with van der Waals surface area (Å²) in [6.45, 7) is 3.73. The zero-order valence-corrected chi connectivity index (χ0v) is 14.5. The average molecular weight is 326 g/mol. The zero-order valence-electron chi connectivity index (χ0n) is 14.5. The number of anilines is 1. The Kier molecular flexibility index (Phi) is 7.21. The van der Waals surface area contributed by atoms with Gasteiger partial charge in [0.05, 0.1) is 12.4 Å². The smallest absolute Gasteiger partial charge is 0.271 e. The molecule has 0 bridgehead atoms. The number of hydrogen-bond donors (Lipinski definition) is 1. The van der Waals surface area contributed by atoms with Gasteiger partial charge in [-0.2, -0.15) is 0 Å². The molecule has 128 valence electrons. The SMILES string of the molecule is CCCCN(C)c1cnc(C(=O)NCCCc2ccccc2)cn1. The van der Waals surface area contributed by atoms with E-state index in [-0.39, 0.29) is 5.91 Å². The highest BCUT2D eigenvalue weighted by Crippen LogP contribution is 2.08. The van der Waals surface area contributed by atoms with E-state index in [4.69, 9.17) is 0 Å². The Morgan fingerprint density at radius 3 is 2.58 bits per heavy atom. The van der Waals surface area contributed by atoms with Gasteiger partial charge < -0.3 is 10.2 Å². The highest BCUT2D eigenvalue weighted by atomic mass is 16.1. The average Bonchev–Trinajstić information content (AvgIpc) is 2.64. The number of aryl methyl sites for hydroxylation is 1. The Labute approximate surface area is 144 Å².